The average Bonchev–Trinajstić information content (AvgIpc) is 1.85. The number of aromatic nitrogens is 1. The van der Waals surface area contributed by atoms with Crippen LogP contribution in [0.4, 0.5) is 8.78 Å². The van der Waals surface area contributed by atoms with Crippen molar-refractivity contribution in [1.82, 2.24) is 4.98 Å². The molecular formula is C6H4F2INO. The number of halogens is 3. The summed E-state index contributed by atoms with van der Waals surface area (Å²) in [5, 5.41) is 0. The highest BCUT2D eigenvalue weighted by atomic mass is 127. The number of nitrogens with one attached hydrogen (secondary N) is 1. The molecule has 1 N–H and O–H groups in total. The van der Waals surface area contributed by atoms with Gasteiger partial charge >= 0.3 is 0 Å². The standard InChI is InChI=1S/C6H4F2INO/c7-6(8)3-2-10-5(11)1-4(3)9/h1-2,6H,(H,10,11). The van der Waals surface area contributed by atoms with Crippen molar-refractivity contribution in [2.75, 3.05) is 0 Å². The number of pyridine rings is 1. The molecule has 0 atom stereocenters. The molecule has 1 aromatic rings. The summed E-state index contributed by atoms with van der Waals surface area (Å²) in [6.07, 6.45) is -1.49. The van der Waals surface area contributed by atoms with E-state index in [-0.39, 0.29) is 11.1 Å². The molecule has 0 saturated heterocycles. The van der Waals surface area contributed by atoms with Gasteiger partial charge in [0, 0.05) is 21.4 Å². The van der Waals surface area contributed by atoms with Gasteiger partial charge in [-0.25, -0.2) is 8.78 Å². The van der Waals surface area contributed by atoms with Crippen molar-refractivity contribution in [2.24, 2.45) is 0 Å². The largest absolute Gasteiger partial charge is 0.329 e. The molecule has 0 radical (unpaired) electrons. The summed E-state index contributed by atoms with van der Waals surface area (Å²) in [6, 6.07) is 1.14. The Balaban J connectivity index is 3.20. The molecule has 0 bridgehead atoms. The van der Waals surface area contributed by atoms with E-state index in [1.165, 1.54) is 0 Å². The number of alkyl halides is 2. The van der Waals surface area contributed by atoms with Gasteiger partial charge in [-0.05, 0) is 22.6 Å². The van der Waals surface area contributed by atoms with Gasteiger partial charge in [0.05, 0.1) is 0 Å². The molecule has 0 aromatic carbocycles. The fourth-order valence-electron chi connectivity index (χ4n) is 0.625. The van der Waals surface area contributed by atoms with Crippen LogP contribution in [0, 0.1) is 3.57 Å². The molecule has 1 aromatic heterocycles. The van der Waals surface area contributed by atoms with E-state index in [4.69, 9.17) is 0 Å². The summed E-state index contributed by atoms with van der Waals surface area (Å²) in [5.41, 5.74) is -0.496. The van der Waals surface area contributed by atoms with Crippen LogP contribution in [0.5, 0.6) is 0 Å². The van der Waals surface area contributed by atoms with Crippen LogP contribution in [0.3, 0.4) is 0 Å². The monoisotopic (exact) mass is 271 g/mol. The molecule has 5 heteroatoms. The Kier molecular flexibility index (Phi) is 2.58. The van der Waals surface area contributed by atoms with E-state index in [0.717, 1.165) is 12.3 Å². The molecule has 0 aliphatic rings. The number of H-pyrrole nitrogens is 1. The van der Waals surface area contributed by atoms with Crippen LogP contribution < -0.4 is 5.56 Å². The molecule has 2 nitrogen and oxygen atoms in total. The SMILES string of the molecule is O=c1cc(I)c(C(F)F)c[nH]1. The first-order chi connectivity index (χ1) is 5.11. The van der Waals surface area contributed by atoms with Crippen molar-refractivity contribution in [2.45, 2.75) is 6.43 Å². The van der Waals surface area contributed by atoms with E-state index >= 15 is 0 Å². The topological polar surface area (TPSA) is 32.9 Å². The van der Waals surface area contributed by atoms with Crippen molar-refractivity contribution < 1.29 is 8.78 Å². The zero-order chi connectivity index (χ0) is 8.43. The average molecular weight is 271 g/mol. The van der Waals surface area contributed by atoms with Gasteiger partial charge in [-0.1, -0.05) is 0 Å². The maximum atomic E-state index is 12.0. The summed E-state index contributed by atoms with van der Waals surface area (Å²) >= 11 is 1.70. The maximum absolute atomic E-state index is 12.0. The van der Waals surface area contributed by atoms with Gasteiger partial charge in [-0.3, -0.25) is 4.79 Å². The zero-order valence-corrected chi connectivity index (χ0v) is 7.43. The first kappa shape index (κ1) is 8.63. The molecule has 1 heterocycles. The molecule has 11 heavy (non-hydrogen) atoms. The highest BCUT2D eigenvalue weighted by molar-refractivity contribution is 14.1. The molecule has 0 saturated carbocycles. The van der Waals surface area contributed by atoms with Gasteiger partial charge in [0.1, 0.15) is 0 Å². The maximum Gasteiger partial charge on any atom is 0.266 e. The molecular weight excluding hydrogens is 267 g/mol. The van der Waals surface area contributed by atoms with Crippen molar-refractivity contribution in [3.63, 3.8) is 0 Å². The third kappa shape index (κ3) is 1.98. The van der Waals surface area contributed by atoms with E-state index in [0.29, 0.717) is 3.57 Å². The van der Waals surface area contributed by atoms with Crippen LogP contribution in [-0.4, -0.2) is 4.98 Å². The summed E-state index contributed by atoms with van der Waals surface area (Å²) in [6.45, 7) is 0. The van der Waals surface area contributed by atoms with Gasteiger partial charge in [0.25, 0.3) is 6.43 Å². The highest BCUT2D eigenvalue weighted by Crippen LogP contribution is 2.21. The van der Waals surface area contributed by atoms with E-state index < -0.39 is 6.43 Å². The molecule has 0 fully saturated rings. The lowest BCUT2D eigenvalue weighted by Gasteiger charge is -1.99. The van der Waals surface area contributed by atoms with Gasteiger partial charge < -0.3 is 4.98 Å². The lowest BCUT2D eigenvalue weighted by Crippen LogP contribution is -2.06. The number of hydrogen-bond donors (Lipinski definition) is 1. The minimum absolute atomic E-state index is 0.134. The van der Waals surface area contributed by atoms with E-state index in [2.05, 4.69) is 4.98 Å². The smallest absolute Gasteiger partial charge is 0.266 e. The number of hydrogen-bond acceptors (Lipinski definition) is 1. The lowest BCUT2D eigenvalue weighted by atomic mass is 10.3. The molecule has 0 spiro atoms. The molecule has 60 valence electrons. The fraction of sp³-hybridized carbons (Fsp3) is 0.167. The normalized spacial score (nSPS) is 10.5. The van der Waals surface area contributed by atoms with Crippen molar-refractivity contribution in [3.05, 3.63) is 31.8 Å². The Morgan fingerprint density at radius 3 is 2.64 bits per heavy atom. The third-order valence-corrected chi connectivity index (χ3v) is 2.07. The first-order valence-electron chi connectivity index (χ1n) is 2.77. The van der Waals surface area contributed by atoms with Crippen LogP contribution in [0.15, 0.2) is 17.1 Å². The van der Waals surface area contributed by atoms with Crippen molar-refractivity contribution >= 4 is 22.6 Å². The summed E-state index contributed by atoms with van der Waals surface area (Å²) in [7, 11) is 0. The van der Waals surface area contributed by atoms with Crippen molar-refractivity contribution in [3.8, 4) is 0 Å². The Bertz CT molecular complexity index is 310. The van der Waals surface area contributed by atoms with Crippen molar-refractivity contribution in [1.29, 1.82) is 0 Å². The second-order valence-corrected chi connectivity index (χ2v) is 3.06. The van der Waals surface area contributed by atoms with Crippen LogP contribution in [-0.2, 0) is 0 Å². The predicted octanol–water partition coefficient (Wildman–Crippen LogP) is 1.92. The Hall–Kier alpha value is -0.460. The third-order valence-electron chi connectivity index (χ3n) is 1.14. The summed E-state index contributed by atoms with van der Waals surface area (Å²) < 4.78 is 24.4. The van der Waals surface area contributed by atoms with Gasteiger partial charge in [0.2, 0.25) is 5.56 Å². The van der Waals surface area contributed by atoms with Gasteiger partial charge in [-0.2, -0.15) is 0 Å². The van der Waals surface area contributed by atoms with E-state index in [1.807, 2.05) is 0 Å². The Labute approximate surface area is 74.8 Å². The first-order valence-corrected chi connectivity index (χ1v) is 3.85. The van der Waals surface area contributed by atoms with E-state index in [9.17, 15) is 13.6 Å². The summed E-state index contributed by atoms with van der Waals surface area (Å²) in [5.74, 6) is 0. The number of aromatic amines is 1. The zero-order valence-electron chi connectivity index (χ0n) is 5.27. The molecule has 0 aliphatic carbocycles. The second kappa shape index (κ2) is 3.29. The Morgan fingerprint density at radius 1 is 1.55 bits per heavy atom. The van der Waals surface area contributed by atoms with Gasteiger partial charge in [-0.15, -0.1) is 0 Å². The highest BCUT2D eigenvalue weighted by Gasteiger charge is 2.10. The molecule has 0 amide bonds. The second-order valence-electron chi connectivity index (χ2n) is 1.90. The van der Waals surface area contributed by atoms with Crippen LogP contribution >= 0.6 is 22.6 Å². The minimum atomic E-state index is -2.53. The minimum Gasteiger partial charge on any atom is -0.329 e. The molecule has 1 rings (SSSR count). The fourth-order valence-corrected chi connectivity index (χ4v) is 1.30. The Morgan fingerprint density at radius 2 is 2.18 bits per heavy atom. The van der Waals surface area contributed by atoms with Gasteiger partial charge in [0.15, 0.2) is 0 Å². The van der Waals surface area contributed by atoms with E-state index in [1.54, 1.807) is 22.6 Å². The molecule has 0 unspecified atom stereocenters. The lowest BCUT2D eigenvalue weighted by molar-refractivity contribution is 0.150. The van der Waals surface area contributed by atoms with Crippen LogP contribution in [0.2, 0.25) is 0 Å². The quantitative estimate of drug-likeness (QED) is 0.777. The summed E-state index contributed by atoms with van der Waals surface area (Å²) in [4.78, 5) is 12.7. The molecule has 0 aliphatic heterocycles. The number of rotatable bonds is 1. The van der Waals surface area contributed by atoms with Crippen LogP contribution in [0.1, 0.15) is 12.0 Å². The predicted molar refractivity (Wildman–Crippen MR) is 44.7 cm³/mol. The van der Waals surface area contributed by atoms with Crippen LogP contribution in [0.25, 0.3) is 0 Å².